The normalized spacial score (nSPS) is 14.4. The van der Waals surface area contributed by atoms with Crippen LogP contribution in [0.2, 0.25) is 0 Å². The van der Waals surface area contributed by atoms with E-state index in [1.807, 2.05) is 0 Å². The summed E-state index contributed by atoms with van der Waals surface area (Å²) in [5.74, 6) is -2.58. The van der Waals surface area contributed by atoms with Crippen molar-refractivity contribution in [2.24, 2.45) is 0 Å². The van der Waals surface area contributed by atoms with Crippen molar-refractivity contribution in [1.82, 2.24) is 10.2 Å². The molecule has 1 heterocycles. The lowest BCUT2D eigenvalue weighted by atomic mass is 10.1. The van der Waals surface area contributed by atoms with Gasteiger partial charge in [-0.25, -0.2) is 9.59 Å². The predicted octanol–water partition coefficient (Wildman–Crippen LogP) is 1.13. The van der Waals surface area contributed by atoms with E-state index in [0.717, 1.165) is 38.4 Å². The van der Waals surface area contributed by atoms with Gasteiger partial charge in [0.1, 0.15) is 5.75 Å². The molecule has 7 nitrogen and oxygen atoms in total. The lowest BCUT2D eigenvalue weighted by molar-refractivity contribution is -0.159. The lowest BCUT2D eigenvalue weighted by Gasteiger charge is -2.27. The van der Waals surface area contributed by atoms with Crippen LogP contribution in [0, 0.1) is 13.8 Å². The number of nitrogens with one attached hydrogen (secondary N) is 1. The average molecular weight is 338 g/mol. The van der Waals surface area contributed by atoms with Gasteiger partial charge >= 0.3 is 11.9 Å². The SMILES string of the molecule is Cc1cccc(C)c1OCCCN1CCNCC1.O=C(O)C(=O)O. The van der Waals surface area contributed by atoms with Crippen molar-refractivity contribution in [2.75, 3.05) is 39.3 Å². The Morgan fingerprint density at radius 2 is 1.67 bits per heavy atom. The molecule has 3 N–H and O–H groups in total. The minimum atomic E-state index is -1.82. The number of rotatable bonds is 5. The molecule has 24 heavy (non-hydrogen) atoms. The summed E-state index contributed by atoms with van der Waals surface area (Å²) in [4.78, 5) is 20.7. The van der Waals surface area contributed by atoms with E-state index in [2.05, 4.69) is 42.3 Å². The first kappa shape index (κ1) is 19.9. The highest BCUT2D eigenvalue weighted by Crippen LogP contribution is 2.22. The molecule has 0 spiro atoms. The van der Waals surface area contributed by atoms with Gasteiger partial charge in [-0.15, -0.1) is 0 Å². The van der Waals surface area contributed by atoms with Gasteiger partial charge in [0.25, 0.3) is 0 Å². The van der Waals surface area contributed by atoms with Crippen LogP contribution in [0.3, 0.4) is 0 Å². The smallest absolute Gasteiger partial charge is 0.414 e. The average Bonchev–Trinajstić information content (AvgIpc) is 2.55. The van der Waals surface area contributed by atoms with Crippen LogP contribution in [0.4, 0.5) is 0 Å². The summed E-state index contributed by atoms with van der Waals surface area (Å²) in [6.07, 6.45) is 1.10. The number of ether oxygens (including phenoxy) is 1. The molecule has 0 radical (unpaired) electrons. The summed E-state index contributed by atoms with van der Waals surface area (Å²) in [5, 5.41) is 18.2. The van der Waals surface area contributed by atoms with Crippen LogP contribution in [-0.2, 0) is 9.59 Å². The molecule has 1 aromatic carbocycles. The van der Waals surface area contributed by atoms with Crippen LogP contribution in [0.1, 0.15) is 17.5 Å². The van der Waals surface area contributed by atoms with Gasteiger partial charge in [-0.05, 0) is 31.4 Å². The monoisotopic (exact) mass is 338 g/mol. The molecule has 0 bridgehead atoms. The van der Waals surface area contributed by atoms with Crippen molar-refractivity contribution in [3.05, 3.63) is 29.3 Å². The highest BCUT2D eigenvalue weighted by Gasteiger charge is 2.09. The summed E-state index contributed by atoms with van der Waals surface area (Å²) in [6, 6.07) is 6.30. The van der Waals surface area contributed by atoms with Crippen molar-refractivity contribution < 1.29 is 24.5 Å². The molecule has 134 valence electrons. The van der Waals surface area contributed by atoms with Crippen molar-refractivity contribution in [1.29, 1.82) is 0 Å². The molecule has 1 aliphatic heterocycles. The first-order valence-electron chi connectivity index (χ1n) is 8.00. The molecule has 1 aromatic rings. The maximum absolute atomic E-state index is 9.10. The van der Waals surface area contributed by atoms with Gasteiger partial charge in [0.15, 0.2) is 0 Å². The Morgan fingerprint density at radius 1 is 1.12 bits per heavy atom. The van der Waals surface area contributed by atoms with Crippen LogP contribution < -0.4 is 10.1 Å². The molecular formula is C17H26N2O5. The number of aliphatic carboxylic acids is 2. The third kappa shape index (κ3) is 7.43. The van der Waals surface area contributed by atoms with Crippen molar-refractivity contribution in [3.8, 4) is 5.75 Å². The van der Waals surface area contributed by atoms with Gasteiger partial charge in [0.2, 0.25) is 0 Å². The summed E-state index contributed by atoms with van der Waals surface area (Å²) in [5.41, 5.74) is 2.47. The molecule has 0 aliphatic carbocycles. The van der Waals surface area contributed by atoms with Crippen LogP contribution >= 0.6 is 0 Å². The summed E-state index contributed by atoms with van der Waals surface area (Å²) >= 11 is 0. The number of piperazine rings is 1. The molecule has 1 fully saturated rings. The fourth-order valence-corrected chi connectivity index (χ4v) is 2.42. The highest BCUT2D eigenvalue weighted by atomic mass is 16.5. The van der Waals surface area contributed by atoms with Gasteiger partial charge in [0, 0.05) is 32.7 Å². The molecule has 0 amide bonds. The third-order valence-electron chi connectivity index (χ3n) is 3.67. The lowest BCUT2D eigenvalue weighted by Crippen LogP contribution is -2.43. The standard InChI is InChI=1S/C15H24N2O.C2H2O4/c1-13-5-3-6-14(2)15(13)18-12-4-9-17-10-7-16-8-11-17;3-1(4)2(5)6/h3,5-6,16H,4,7-12H2,1-2H3;(H,3,4)(H,5,6). The number of carboxylic acid groups (broad SMARTS) is 2. The maximum atomic E-state index is 9.10. The second-order valence-electron chi connectivity index (χ2n) is 5.62. The predicted molar refractivity (Wildman–Crippen MR) is 90.6 cm³/mol. The number of carboxylic acids is 2. The molecular weight excluding hydrogens is 312 g/mol. The Hall–Kier alpha value is -2.12. The Morgan fingerprint density at radius 3 is 2.17 bits per heavy atom. The molecule has 2 rings (SSSR count). The number of para-hydroxylation sites is 1. The number of hydrogen-bond donors (Lipinski definition) is 3. The molecule has 0 aromatic heterocycles. The van der Waals surface area contributed by atoms with E-state index in [-0.39, 0.29) is 0 Å². The fraction of sp³-hybridized carbons (Fsp3) is 0.529. The van der Waals surface area contributed by atoms with Crippen LogP contribution in [0.25, 0.3) is 0 Å². The van der Waals surface area contributed by atoms with E-state index in [9.17, 15) is 0 Å². The van der Waals surface area contributed by atoms with Gasteiger partial charge in [-0.2, -0.15) is 0 Å². The maximum Gasteiger partial charge on any atom is 0.414 e. The minimum absolute atomic E-state index is 0.815. The summed E-state index contributed by atoms with van der Waals surface area (Å²) < 4.78 is 5.92. The number of hydrogen-bond acceptors (Lipinski definition) is 5. The Balaban J connectivity index is 0.000000413. The molecule has 1 aliphatic rings. The van der Waals surface area contributed by atoms with Crippen LogP contribution in [0.5, 0.6) is 5.75 Å². The largest absolute Gasteiger partial charge is 0.493 e. The fourth-order valence-electron chi connectivity index (χ4n) is 2.42. The van der Waals surface area contributed by atoms with Crippen LogP contribution in [0.15, 0.2) is 18.2 Å². The zero-order valence-electron chi connectivity index (χ0n) is 14.2. The van der Waals surface area contributed by atoms with Crippen molar-refractivity contribution >= 4 is 11.9 Å². The molecule has 0 unspecified atom stereocenters. The second-order valence-corrected chi connectivity index (χ2v) is 5.62. The Labute approximate surface area is 142 Å². The molecule has 0 atom stereocenters. The Kier molecular flexibility index (Phi) is 8.81. The van der Waals surface area contributed by atoms with Gasteiger partial charge in [0.05, 0.1) is 6.61 Å². The quantitative estimate of drug-likeness (QED) is 0.547. The third-order valence-corrected chi connectivity index (χ3v) is 3.67. The van der Waals surface area contributed by atoms with E-state index < -0.39 is 11.9 Å². The number of nitrogens with zero attached hydrogens (tertiary/aromatic N) is 1. The van der Waals surface area contributed by atoms with E-state index in [4.69, 9.17) is 24.5 Å². The topological polar surface area (TPSA) is 99.1 Å². The zero-order chi connectivity index (χ0) is 17.9. The molecule has 7 heteroatoms. The highest BCUT2D eigenvalue weighted by molar-refractivity contribution is 6.27. The van der Waals surface area contributed by atoms with Gasteiger partial charge < -0.3 is 25.2 Å². The van der Waals surface area contributed by atoms with Gasteiger partial charge in [-0.3, -0.25) is 0 Å². The van der Waals surface area contributed by atoms with E-state index in [1.54, 1.807) is 0 Å². The summed E-state index contributed by atoms with van der Waals surface area (Å²) in [7, 11) is 0. The van der Waals surface area contributed by atoms with E-state index in [1.165, 1.54) is 24.2 Å². The molecule has 0 saturated carbocycles. The van der Waals surface area contributed by atoms with Crippen LogP contribution in [-0.4, -0.2) is 66.4 Å². The van der Waals surface area contributed by atoms with E-state index >= 15 is 0 Å². The number of aryl methyl sites for hydroxylation is 2. The second kappa shape index (κ2) is 10.6. The van der Waals surface area contributed by atoms with Crippen molar-refractivity contribution in [2.45, 2.75) is 20.3 Å². The van der Waals surface area contributed by atoms with Gasteiger partial charge in [-0.1, -0.05) is 18.2 Å². The Bertz CT molecular complexity index is 510. The van der Waals surface area contributed by atoms with Crippen molar-refractivity contribution in [3.63, 3.8) is 0 Å². The van der Waals surface area contributed by atoms with E-state index in [0.29, 0.717) is 0 Å². The first-order chi connectivity index (χ1) is 11.4. The number of benzene rings is 1. The summed E-state index contributed by atoms with van der Waals surface area (Å²) in [6.45, 7) is 10.8. The number of carbonyl (C=O) groups is 2. The minimum Gasteiger partial charge on any atom is -0.493 e. The zero-order valence-corrected chi connectivity index (χ0v) is 14.2. The molecule has 1 saturated heterocycles. The first-order valence-corrected chi connectivity index (χ1v) is 8.00.